The smallest absolute Gasteiger partial charge is 0.268 e. The molecule has 1 aliphatic rings. The van der Waals surface area contributed by atoms with Crippen molar-refractivity contribution in [1.29, 1.82) is 0 Å². The molecular formula is C18H21ClN2O2. The van der Waals surface area contributed by atoms with Crippen molar-refractivity contribution in [3.8, 4) is 5.75 Å². The Bertz CT molecular complexity index is 601. The van der Waals surface area contributed by atoms with Gasteiger partial charge in [0.05, 0.1) is 0 Å². The normalized spacial score (nSPS) is 15.4. The Morgan fingerprint density at radius 2 is 1.52 bits per heavy atom. The van der Waals surface area contributed by atoms with Crippen LogP contribution in [0.1, 0.15) is 11.7 Å². The molecule has 1 atom stereocenters. The fourth-order valence-electron chi connectivity index (χ4n) is 2.58. The molecular weight excluding hydrogens is 312 g/mol. The van der Waals surface area contributed by atoms with Crippen LogP contribution >= 0.6 is 12.4 Å². The standard InChI is InChI=1S/C18H20N2O2.ClH/c21-18(20-13-11-19-12-14-20)17(15-7-3-1-4-8-15)22-16-9-5-2-6-10-16;/h1-10,17,19H,11-14H2;1H. The van der Waals surface area contributed by atoms with Crippen LogP contribution in [0.25, 0.3) is 0 Å². The van der Waals surface area contributed by atoms with Gasteiger partial charge in [0.1, 0.15) is 5.75 Å². The van der Waals surface area contributed by atoms with Crippen LogP contribution in [0.15, 0.2) is 60.7 Å². The molecule has 0 aliphatic carbocycles. The van der Waals surface area contributed by atoms with E-state index in [2.05, 4.69) is 5.32 Å². The second-order valence-electron chi connectivity index (χ2n) is 5.30. The third kappa shape index (κ3) is 4.47. The highest BCUT2D eigenvalue weighted by Crippen LogP contribution is 2.24. The van der Waals surface area contributed by atoms with Crippen LogP contribution in [-0.2, 0) is 4.79 Å². The fourth-order valence-corrected chi connectivity index (χ4v) is 2.58. The molecule has 0 spiro atoms. The SMILES string of the molecule is Cl.O=C(C(Oc1ccccc1)c1ccccc1)N1CCNCC1. The van der Waals surface area contributed by atoms with E-state index >= 15 is 0 Å². The van der Waals surface area contributed by atoms with Gasteiger partial charge in [-0.3, -0.25) is 4.79 Å². The van der Waals surface area contributed by atoms with Crippen LogP contribution < -0.4 is 10.1 Å². The van der Waals surface area contributed by atoms with Gasteiger partial charge in [-0.05, 0) is 12.1 Å². The van der Waals surface area contributed by atoms with Gasteiger partial charge in [-0.15, -0.1) is 12.4 Å². The van der Waals surface area contributed by atoms with Crippen molar-refractivity contribution < 1.29 is 9.53 Å². The van der Waals surface area contributed by atoms with Crippen LogP contribution in [0.5, 0.6) is 5.75 Å². The Labute approximate surface area is 142 Å². The van der Waals surface area contributed by atoms with Crippen LogP contribution in [0.3, 0.4) is 0 Å². The summed E-state index contributed by atoms with van der Waals surface area (Å²) in [6.07, 6.45) is -0.596. The first-order valence-electron chi connectivity index (χ1n) is 7.61. The molecule has 1 unspecified atom stereocenters. The molecule has 0 aromatic heterocycles. The van der Waals surface area contributed by atoms with Crippen molar-refractivity contribution in [2.24, 2.45) is 0 Å². The zero-order chi connectivity index (χ0) is 15.2. The molecule has 1 heterocycles. The van der Waals surface area contributed by atoms with Gasteiger partial charge in [0.15, 0.2) is 0 Å². The molecule has 5 heteroatoms. The van der Waals surface area contributed by atoms with E-state index in [0.29, 0.717) is 5.75 Å². The first-order chi connectivity index (χ1) is 10.8. The van der Waals surface area contributed by atoms with Gasteiger partial charge in [-0.1, -0.05) is 48.5 Å². The van der Waals surface area contributed by atoms with E-state index in [-0.39, 0.29) is 18.3 Å². The number of hydrogen-bond acceptors (Lipinski definition) is 3. The lowest BCUT2D eigenvalue weighted by molar-refractivity contribution is -0.139. The second kappa shape index (κ2) is 8.56. The first-order valence-corrected chi connectivity index (χ1v) is 7.61. The summed E-state index contributed by atoms with van der Waals surface area (Å²) >= 11 is 0. The summed E-state index contributed by atoms with van der Waals surface area (Å²) in [6, 6.07) is 19.2. The van der Waals surface area contributed by atoms with Crippen molar-refractivity contribution in [1.82, 2.24) is 10.2 Å². The van der Waals surface area contributed by atoms with Crippen LogP contribution in [0.4, 0.5) is 0 Å². The lowest BCUT2D eigenvalue weighted by Crippen LogP contribution is -2.48. The van der Waals surface area contributed by atoms with E-state index in [1.165, 1.54) is 0 Å². The van der Waals surface area contributed by atoms with E-state index < -0.39 is 6.10 Å². The molecule has 0 bridgehead atoms. The summed E-state index contributed by atoms with van der Waals surface area (Å²) in [5.74, 6) is 0.733. The molecule has 1 amide bonds. The third-order valence-electron chi connectivity index (χ3n) is 3.75. The van der Waals surface area contributed by atoms with Crippen molar-refractivity contribution in [2.45, 2.75) is 6.10 Å². The highest BCUT2D eigenvalue weighted by Gasteiger charge is 2.28. The predicted octanol–water partition coefficient (Wildman–Crippen LogP) is 2.66. The summed E-state index contributed by atoms with van der Waals surface area (Å²) in [6.45, 7) is 3.11. The van der Waals surface area contributed by atoms with Crippen molar-refractivity contribution in [3.63, 3.8) is 0 Å². The zero-order valence-electron chi connectivity index (χ0n) is 12.9. The maximum atomic E-state index is 12.9. The number of para-hydroxylation sites is 1. The minimum absolute atomic E-state index is 0. The number of carbonyl (C=O) groups is 1. The van der Waals surface area contributed by atoms with Gasteiger partial charge in [-0.25, -0.2) is 0 Å². The van der Waals surface area contributed by atoms with Gasteiger partial charge in [-0.2, -0.15) is 0 Å². The number of carbonyl (C=O) groups excluding carboxylic acids is 1. The number of nitrogens with one attached hydrogen (secondary N) is 1. The Hall–Kier alpha value is -2.04. The van der Waals surface area contributed by atoms with Gasteiger partial charge >= 0.3 is 0 Å². The molecule has 1 saturated heterocycles. The maximum absolute atomic E-state index is 12.9. The van der Waals surface area contributed by atoms with E-state index in [4.69, 9.17) is 4.74 Å². The second-order valence-corrected chi connectivity index (χ2v) is 5.30. The summed E-state index contributed by atoms with van der Waals surface area (Å²) in [4.78, 5) is 14.7. The third-order valence-corrected chi connectivity index (χ3v) is 3.75. The van der Waals surface area contributed by atoms with Crippen molar-refractivity contribution >= 4 is 18.3 Å². The first kappa shape index (κ1) is 17.3. The van der Waals surface area contributed by atoms with Crippen LogP contribution in [0.2, 0.25) is 0 Å². The number of halogens is 1. The topological polar surface area (TPSA) is 41.6 Å². The summed E-state index contributed by atoms with van der Waals surface area (Å²) in [7, 11) is 0. The predicted molar refractivity (Wildman–Crippen MR) is 93.0 cm³/mol. The Balaban J connectivity index is 0.00000192. The molecule has 122 valence electrons. The number of nitrogens with zero attached hydrogens (tertiary/aromatic N) is 1. The molecule has 4 nitrogen and oxygen atoms in total. The zero-order valence-corrected chi connectivity index (χ0v) is 13.7. The number of piperazine rings is 1. The van der Waals surface area contributed by atoms with E-state index in [9.17, 15) is 4.79 Å². The lowest BCUT2D eigenvalue weighted by Gasteiger charge is -2.31. The summed E-state index contributed by atoms with van der Waals surface area (Å²) < 4.78 is 6.00. The van der Waals surface area contributed by atoms with Crippen LogP contribution in [0, 0.1) is 0 Å². The number of ether oxygens (including phenoxy) is 1. The van der Waals surface area contributed by atoms with Crippen molar-refractivity contribution in [2.75, 3.05) is 26.2 Å². The molecule has 0 saturated carbocycles. The number of benzene rings is 2. The maximum Gasteiger partial charge on any atom is 0.268 e. The van der Waals surface area contributed by atoms with E-state index in [1.54, 1.807) is 0 Å². The lowest BCUT2D eigenvalue weighted by atomic mass is 10.1. The Morgan fingerprint density at radius 3 is 2.13 bits per heavy atom. The van der Waals surface area contributed by atoms with E-state index in [1.807, 2.05) is 65.6 Å². The van der Waals surface area contributed by atoms with Crippen LogP contribution in [-0.4, -0.2) is 37.0 Å². The van der Waals surface area contributed by atoms with Crippen molar-refractivity contribution in [3.05, 3.63) is 66.2 Å². The van der Waals surface area contributed by atoms with Gasteiger partial charge in [0.2, 0.25) is 6.10 Å². The number of hydrogen-bond donors (Lipinski definition) is 1. The highest BCUT2D eigenvalue weighted by atomic mass is 35.5. The summed E-state index contributed by atoms with van der Waals surface area (Å²) in [5.41, 5.74) is 0.884. The van der Waals surface area contributed by atoms with Gasteiger partial charge in [0.25, 0.3) is 5.91 Å². The van der Waals surface area contributed by atoms with E-state index in [0.717, 1.165) is 31.7 Å². The molecule has 2 aromatic carbocycles. The molecule has 0 radical (unpaired) electrons. The largest absolute Gasteiger partial charge is 0.476 e. The quantitative estimate of drug-likeness (QED) is 0.936. The molecule has 2 aromatic rings. The monoisotopic (exact) mass is 332 g/mol. The Kier molecular flexibility index (Phi) is 6.44. The molecule has 1 fully saturated rings. The van der Waals surface area contributed by atoms with Gasteiger partial charge < -0.3 is 15.0 Å². The minimum atomic E-state index is -0.596. The fraction of sp³-hybridized carbons (Fsp3) is 0.278. The average molecular weight is 333 g/mol. The molecule has 3 rings (SSSR count). The number of amides is 1. The molecule has 1 aliphatic heterocycles. The van der Waals surface area contributed by atoms with Gasteiger partial charge in [0, 0.05) is 31.7 Å². The minimum Gasteiger partial charge on any atom is -0.476 e. The highest BCUT2D eigenvalue weighted by molar-refractivity contribution is 5.85. The molecule has 23 heavy (non-hydrogen) atoms. The average Bonchev–Trinajstić information content (AvgIpc) is 2.61. The number of rotatable bonds is 4. The Morgan fingerprint density at radius 1 is 0.957 bits per heavy atom. The summed E-state index contributed by atoms with van der Waals surface area (Å²) in [5, 5.41) is 3.26. The molecule has 1 N–H and O–H groups in total.